The zero-order valence-electron chi connectivity index (χ0n) is 14.5. The lowest BCUT2D eigenvalue weighted by atomic mass is 10.2. The lowest BCUT2D eigenvalue weighted by Crippen LogP contribution is -2.37. The van der Waals surface area contributed by atoms with E-state index in [0.717, 1.165) is 36.8 Å². The molecule has 0 fully saturated rings. The Hall–Kier alpha value is -2.03. The molecule has 0 saturated carbocycles. The Kier molecular flexibility index (Phi) is 10.4. The van der Waals surface area contributed by atoms with Crippen LogP contribution >= 0.6 is 24.0 Å². The zero-order chi connectivity index (χ0) is 17.0. The zero-order valence-corrected chi connectivity index (χ0v) is 16.8. The van der Waals surface area contributed by atoms with Crippen molar-refractivity contribution in [2.75, 3.05) is 20.2 Å². The Labute approximate surface area is 166 Å². The van der Waals surface area contributed by atoms with Crippen LogP contribution in [0.4, 0.5) is 0 Å². The van der Waals surface area contributed by atoms with Crippen LogP contribution < -0.4 is 15.4 Å². The normalized spacial score (nSPS) is 10.7. The predicted molar refractivity (Wildman–Crippen MR) is 113 cm³/mol. The Bertz CT molecular complexity index is 643. The second-order valence-electron chi connectivity index (χ2n) is 5.18. The molecule has 2 aromatic rings. The fraction of sp³-hybridized carbons (Fsp3) is 0.333. The van der Waals surface area contributed by atoms with E-state index in [4.69, 9.17) is 4.74 Å². The fourth-order valence-electron chi connectivity index (χ4n) is 2.22. The van der Waals surface area contributed by atoms with Crippen LogP contribution in [0.25, 0.3) is 0 Å². The average Bonchev–Trinajstić information content (AvgIpc) is 3.13. The van der Waals surface area contributed by atoms with Gasteiger partial charge in [-0.3, -0.25) is 9.67 Å². The van der Waals surface area contributed by atoms with Crippen molar-refractivity contribution in [1.82, 2.24) is 20.4 Å². The summed E-state index contributed by atoms with van der Waals surface area (Å²) in [5, 5.41) is 10.8. The molecule has 25 heavy (non-hydrogen) atoms. The minimum atomic E-state index is 0. The molecule has 1 heterocycles. The Balaban J connectivity index is 0.00000312. The molecule has 0 spiro atoms. The van der Waals surface area contributed by atoms with Gasteiger partial charge in [-0.1, -0.05) is 30.9 Å². The lowest BCUT2D eigenvalue weighted by Gasteiger charge is -2.14. The summed E-state index contributed by atoms with van der Waals surface area (Å²) in [7, 11) is 1.77. The van der Waals surface area contributed by atoms with Crippen LogP contribution in [0.1, 0.15) is 12.0 Å². The molecule has 0 atom stereocenters. The van der Waals surface area contributed by atoms with E-state index in [1.165, 1.54) is 0 Å². The highest BCUT2D eigenvalue weighted by atomic mass is 127. The highest BCUT2D eigenvalue weighted by molar-refractivity contribution is 14.0. The molecule has 6 nitrogen and oxygen atoms in total. The quantitative estimate of drug-likeness (QED) is 0.201. The SMILES string of the molecule is C=CCOc1ccccc1CNC(=NC)NCCCn1cccn1.I. The number of nitrogens with one attached hydrogen (secondary N) is 2. The van der Waals surface area contributed by atoms with Gasteiger partial charge in [0, 0.05) is 44.6 Å². The molecule has 0 unspecified atom stereocenters. The number of aliphatic imine (C=N–C) groups is 1. The average molecular weight is 455 g/mol. The largest absolute Gasteiger partial charge is 0.489 e. The third-order valence-electron chi connectivity index (χ3n) is 3.41. The van der Waals surface area contributed by atoms with Gasteiger partial charge in [-0.25, -0.2) is 0 Å². The summed E-state index contributed by atoms with van der Waals surface area (Å²) in [6, 6.07) is 9.89. The summed E-state index contributed by atoms with van der Waals surface area (Å²) in [6.45, 7) is 6.53. The molecule has 1 aromatic carbocycles. The Morgan fingerprint density at radius 1 is 1.32 bits per heavy atom. The highest BCUT2D eigenvalue weighted by Crippen LogP contribution is 2.17. The van der Waals surface area contributed by atoms with Crippen LogP contribution in [-0.4, -0.2) is 35.9 Å². The van der Waals surface area contributed by atoms with E-state index in [1.807, 2.05) is 41.2 Å². The summed E-state index contributed by atoms with van der Waals surface area (Å²) in [5.74, 6) is 1.63. The van der Waals surface area contributed by atoms with E-state index >= 15 is 0 Å². The van der Waals surface area contributed by atoms with Crippen LogP contribution in [0.2, 0.25) is 0 Å². The number of ether oxygens (including phenoxy) is 1. The summed E-state index contributed by atoms with van der Waals surface area (Å²) in [5.41, 5.74) is 1.08. The first-order valence-corrected chi connectivity index (χ1v) is 8.07. The number of para-hydroxylation sites is 1. The number of hydrogen-bond acceptors (Lipinski definition) is 3. The maximum absolute atomic E-state index is 5.66. The van der Waals surface area contributed by atoms with E-state index < -0.39 is 0 Å². The van der Waals surface area contributed by atoms with Gasteiger partial charge in [0.15, 0.2) is 5.96 Å². The predicted octanol–water partition coefficient (Wildman–Crippen LogP) is 2.82. The molecule has 0 radical (unpaired) electrons. The van der Waals surface area contributed by atoms with Crippen molar-refractivity contribution < 1.29 is 4.74 Å². The van der Waals surface area contributed by atoms with Gasteiger partial charge < -0.3 is 15.4 Å². The molecule has 136 valence electrons. The molecule has 1 aromatic heterocycles. The van der Waals surface area contributed by atoms with Gasteiger partial charge in [-0.15, -0.1) is 24.0 Å². The lowest BCUT2D eigenvalue weighted by molar-refractivity contribution is 0.358. The van der Waals surface area contributed by atoms with Gasteiger partial charge >= 0.3 is 0 Å². The molecule has 2 rings (SSSR count). The van der Waals surface area contributed by atoms with Crippen molar-refractivity contribution in [3.8, 4) is 5.75 Å². The first-order chi connectivity index (χ1) is 11.8. The number of benzene rings is 1. The Morgan fingerprint density at radius 3 is 2.88 bits per heavy atom. The molecular formula is C18H26IN5O. The van der Waals surface area contributed by atoms with Crippen molar-refractivity contribution in [1.29, 1.82) is 0 Å². The van der Waals surface area contributed by atoms with Crippen molar-refractivity contribution in [3.63, 3.8) is 0 Å². The third kappa shape index (κ3) is 7.59. The molecule has 2 N–H and O–H groups in total. The van der Waals surface area contributed by atoms with E-state index in [-0.39, 0.29) is 24.0 Å². The first-order valence-electron chi connectivity index (χ1n) is 8.07. The molecule has 0 aliphatic rings. The minimum Gasteiger partial charge on any atom is -0.489 e. The molecular weight excluding hydrogens is 429 g/mol. The van der Waals surface area contributed by atoms with Crippen molar-refractivity contribution >= 4 is 29.9 Å². The molecule has 0 aliphatic heterocycles. The summed E-state index contributed by atoms with van der Waals surface area (Å²) < 4.78 is 7.59. The second-order valence-corrected chi connectivity index (χ2v) is 5.18. The van der Waals surface area contributed by atoms with Gasteiger partial charge in [-0.05, 0) is 18.6 Å². The van der Waals surface area contributed by atoms with E-state index in [9.17, 15) is 0 Å². The van der Waals surface area contributed by atoms with E-state index in [2.05, 4.69) is 27.3 Å². The number of aryl methyl sites for hydroxylation is 1. The van der Waals surface area contributed by atoms with Crippen LogP contribution in [0.5, 0.6) is 5.75 Å². The number of aromatic nitrogens is 2. The van der Waals surface area contributed by atoms with Crippen LogP contribution in [0.3, 0.4) is 0 Å². The molecule has 0 saturated heterocycles. The standard InChI is InChI=1S/C18H25N5O.HI/c1-3-14-24-17-9-5-4-8-16(17)15-21-18(19-2)20-10-6-12-23-13-7-11-22-23;/h3-5,7-9,11,13H,1,6,10,12,14-15H2,2H3,(H2,19,20,21);1H. The van der Waals surface area contributed by atoms with Gasteiger partial charge in [0.2, 0.25) is 0 Å². The van der Waals surface area contributed by atoms with Crippen LogP contribution in [-0.2, 0) is 13.1 Å². The second kappa shape index (κ2) is 12.3. The molecule has 0 amide bonds. The number of halogens is 1. The maximum atomic E-state index is 5.66. The van der Waals surface area contributed by atoms with Crippen LogP contribution in [0.15, 0.2) is 60.4 Å². The molecule has 0 aliphatic carbocycles. The summed E-state index contributed by atoms with van der Waals surface area (Å²) in [4.78, 5) is 4.24. The first kappa shape index (κ1) is 21.0. The Morgan fingerprint density at radius 2 is 2.16 bits per heavy atom. The number of guanidine groups is 1. The third-order valence-corrected chi connectivity index (χ3v) is 3.41. The summed E-state index contributed by atoms with van der Waals surface area (Å²) in [6.07, 6.45) is 6.47. The molecule has 0 bridgehead atoms. The minimum absolute atomic E-state index is 0. The van der Waals surface area contributed by atoms with Crippen LogP contribution in [0, 0.1) is 0 Å². The van der Waals surface area contributed by atoms with Crippen molar-refractivity contribution in [2.24, 2.45) is 4.99 Å². The van der Waals surface area contributed by atoms with Gasteiger partial charge in [0.25, 0.3) is 0 Å². The van der Waals surface area contributed by atoms with Gasteiger partial charge in [0.1, 0.15) is 12.4 Å². The summed E-state index contributed by atoms with van der Waals surface area (Å²) >= 11 is 0. The smallest absolute Gasteiger partial charge is 0.191 e. The monoisotopic (exact) mass is 455 g/mol. The molecule has 7 heteroatoms. The number of rotatable bonds is 9. The number of hydrogen-bond donors (Lipinski definition) is 2. The van der Waals surface area contributed by atoms with Gasteiger partial charge in [-0.2, -0.15) is 5.10 Å². The van der Waals surface area contributed by atoms with E-state index in [1.54, 1.807) is 19.3 Å². The topological polar surface area (TPSA) is 63.5 Å². The van der Waals surface area contributed by atoms with E-state index in [0.29, 0.717) is 13.2 Å². The van der Waals surface area contributed by atoms with Gasteiger partial charge in [0.05, 0.1) is 0 Å². The fourth-order valence-corrected chi connectivity index (χ4v) is 2.22. The van der Waals surface area contributed by atoms with Crippen molar-refractivity contribution in [2.45, 2.75) is 19.5 Å². The maximum Gasteiger partial charge on any atom is 0.191 e. The highest BCUT2D eigenvalue weighted by Gasteiger charge is 2.04. The number of nitrogens with zero attached hydrogens (tertiary/aromatic N) is 3. The van der Waals surface area contributed by atoms with Crippen molar-refractivity contribution in [3.05, 3.63) is 60.9 Å².